The van der Waals surface area contributed by atoms with Crippen LogP contribution in [-0.4, -0.2) is 42.8 Å². The first kappa shape index (κ1) is 20.2. The second-order valence-electron chi connectivity index (χ2n) is 7.85. The van der Waals surface area contributed by atoms with E-state index in [1.54, 1.807) is 36.4 Å². The van der Waals surface area contributed by atoms with E-state index in [1.165, 1.54) is 12.1 Å². The second-order valence-corrected chi connectivity index (χ2v) is 7.85. The average molecular weight is 409 g/mol. The number of halogens is 1. The Bertz CT molecular complexity index is 916. The molecule has 2 aliphatic heterocycles. The van der Waals surface area contributed by atoms with Crippen LogP contribution in [0, 0.1) is 17.1 Å². The SMILES string of the molecule is N#Cc1ccc(OC(CCN2CCC3(CC2)CNC(=O)O3)c2ccc(F)cc2)cc1. The summed E-state index contributed by atoms with van der Waals surface area (Å²) in [5, 5.41) is 11.7. The number of benzene rings is 2. The molecule has 2 aromatic rings. The number of amides is 1. The van der Waals surface area contributed by atoms with Gasteiger partial charge < -0.3 is 19.7 Å². The van der Waals surface area contributed by atoms with Gasteiger partial charge in [-0.25, -0.2) is 9.18 Å². The fraction of sp³-hybridized carbons (Fsp3) is 0.391. The van der Waals surface area contributed by atoms with Crippen LogP contribution in [0.3, 0.4) is 0 Å². The van der Waals surface area contributed by atoms with Crippen molar-refractivity contribution in [2.24, 2.45) is 0 Å². The summed E-state index contributed by atoms with van der Waals surface area (Å²) in [6.07, 6.45) is 1.79. The molecule has 1 amide bonds. The summed E-state index contributed by atoms with van der Waals surface area (Å²) in [4.78, 5) is 13.7. The van der Waals surface area contributed by atoms with E-state index in [9.17, 15) is 9.18 Å². The number of ether oxygens (including phenoxy) is 2. The van der Waals surface area contributed by atoms with E-state index >= 15 is 0 Å². The van der Waals surface area contributed by atoms with Gasteiger partial charge in [-0.15, -0.1) is 0 Å². The molecule has 156 valence electrons. The number of likely N-dealkylation sites (tertiary alicyclic amines) is 1. The molecule has 1 unspecified atom stereocenters. The van der Waals surface area contributed by atoms with Gasteiger partial charge in [0.15, 0.2) is 0 Å². The zero-order valence-electron chi connectivity index (χ0n) is 16.6. The van der Waals surface area contributed by atoms with Gasteiger partial charge >= 0.3 is 6.09 Å². The first-order valence-electron chi connectivity index (χ1n) is 10.2. The number of hydrogen-bond acceptors (Lipinski definition) is 5. The summed E-state index contributed by atoms with van der Waals surface area (Å²) in [6.45, 7) is 3.10. The quantitative estimate of drug-likeness (QED) is 0.786. The van der Waals surface area contributed by atoms with Crippen LogP contribution in [0.5, 0.6) is 5.75 Å². The van der Waals surface area contributed by atoms with E-state index < -0.39 is 0 Å². The number of piperidine rings is 1. The maximum atomic E-state index is 13.4. The molecule has 2 aliphatic rings. The Morgan fingerprint density at radius 2 is 1.87 bits per heavy atom. The molecule has 0 radical (unpaired) electrons. The molecule has 6 nitrogen and oxygen atoms in total. The van der Waals surface area contributed by atoms with Crippen LogP contribution in [-0.2, 0) is 4.74 Å². The topological polar surface area (TPSA) is 74.6 Å². The molecule has 2 aromatic carbocycles. The van der Waals surface area contributed by atoms with Gasteiger partial charge in [-0.05, 0) is 42.0 Å². The molecule has 4 rings (SSSR count). The van der Waals surface area contributed by atoms with Crippen molar-refractivity contribution in [3.8, 4) is 11.8 Å². The van der Waals surface area contributed by atoms with Crippen molar-refractivity contribution in [2.75, 3.05) is 26.2 Å². The van der Waals surface area contributed by atoms with Gasteiger partial charge in [0.25, 0.3) is 0 Å². The summed E-state index contributed by atoms with van der Waals surface area (Å²) in [5.74, 6) is 0.391. The fourth-order valence-corrected chi connectivity index (χ4v) is 4.01. The summed E-state index contributed by atoms with van der Waals surface area (Å²) in [5.41, 5.74) is 1.12. The lowest BCUT2D eigenvalue weighted by molar-refractivity contribution is -0.00139. The highest BCUT2D eigenvalue weighted by Crippen LogP contribution is 2.31. The molecule has 1 N–H and O–H groups in total. The van der Waals surface area contributed by atoms with Crippen molar-refractivity contribution in [3.63, 3.8) is 0 Å². The van der Waals surface area contributed by atoms with Crippen molar-refractivity contribution >= 4 is 6.09 Å². The van der Waals surface area contributed by atoms with E-state index in [1.807, 2.05) is 0 Å². The molecule has 1 atom stereocenters. The molecule has 0 saturated carbocycles. The lowest BCUT2D eigenvalue weighted by Crippen LogP contribution is -2.47. The van der Waals surface area contributed by atoms with Crippen molar-refractivity contribution in [3.05, 3.63) is 65.5 Å². The highest BCUT2D eigenvalue weighted by molar-refractivity contribution is 5.70. The van der Waals surface area contributed by atoms with Gasteiger partial charge in [0.05, 0.1) is 18.2 Å². The highest BCUT2D eigenvalue weighted by Gasteiger charge is 2.42. The number of hydrogen-bond donors (Lipinski definition) is 1. The number of alkyl carbamates (subject to hydrolysis) is 1. The molecule has 1 spiro atoms. The molecular weight excluding hydrogens is 385 g/mol. The Labute approximate surface area is 175 Å². The summed E-state index contributed by atoms with van der Waals surface area (Å²) in [6, 6.07) is 15.5. The summed E-state index contributed by atoms with van der Waals surface area (Å²) in [7, 11) is 0. The summed E-state index contributed by atoms with van der Waals surface area (Å²) < 4.78 is 25.1. The van der Waals surface area contributed by atoms with Crippen molar-refractivity contribution < 1.29 is 18.7 Å². The second kappa shape index (κ2) is 8.72. The van der Waals surface area contributed by atoms with Crippen LogP contribution in [0.1, 0.15) is 36.5 Å². The van der Waals surface area contributed by atoms with Crippen LogP contribution in [0.25, 0.3) is 0 Å². The molecule has 2 heterocycles. The van der Waals surface area contributed by atoms with Crippen LogP contribution >= 0.6 is 0 Å². The number of nitrogens with one attached hydrogen (secondary N) is 1. The van der Waals surface area contributed by atoms with Crippen LogP contribution in [0.4, 0.5) is 9.18 Å². The Kier molecular flexibility index (Phi) is 5.86. The van der Waals surface area contributed by atoms with E-state index in [-0.39, 0.29) is 23.6 Å². The third kappa shape index (κ3) is 4.71. The zero-order valence-corrected chi connectivity index (χ0v) is 16.6. The Hall–Kier alpha value is -3.11. The fourth-order valence-electron chi connectivity index (χ4n) is 4.01. The maximum absolute atomic E-state index is 13.4. The van der Waals surface area contributed by atoms with Gasteiger partial charge in [0, 0.05) is 38.9 Å². The monoisotopic (exact) mass is 409 g/mol. The van der Waals surface area contributed by atoms with E-state index in [0.717, 1.165) is 44.5 Å². The van der Waals surface area contributed by atoms with Crippen molar-refractivity contribution in [1.29, 1.82) is 5.26 Å². The number of nitriles is 1. The van der Waals surface area contributed by atoms with Gasteiger partial charge in [-0.2, -0.15) is 5.26 Å². The molecule has 0 aliphatic carbocycles. The molecule has 2 fully saturated rings. The van der Waals surface area contributed by atoms with Gasteiger partial charge in [0.2, 0.25) is 0 Å². The first-order valence-corrected chi connectivity index (χ1v) is 10.2. The van der Waals surface area contributed by atoms with E-state index in [2.05, 4.69) is 16.3 Å². The third-order valence-corrected chi connectivity index (χ3v) is 5.84. The number of nitrogens with zero attached hydrogens (tertiary/aromatic N) is 2. The van der Waals surface area contributed by atoms with Crippen molar-refractivity contribution in [2.45, 2.75) is 31.0 Å². The molecular formula is C23H24FN3O3. The average Bonchev–Trinajstić information content (AvgIpc) is 3.13. The molecule has 30 heavy (non-hydrogen) atoms. The van der Waals surface area contributed by atoms with Crippen LogP contribution in [0.2, 0.25) is 0 Å². The third-order valence-electron chi connectivity index (χ3n) is 5.84. The summed E-state index contributed by atoms with van der Waals surface area (Å²) >= 11 is 0. The molecule has 7 heteroatoms. The standard InChI is InChI=1S/C23H24FN3O3/c24-19-5-3-18(4-6-19)21(29-20-7-1-17(15-25)2-8-20)9-12-27-13-10-23(11-14-27)16-26-22(28)30-23/h1-8,21H,9-14,16H2,(H,26,28). The maximum Gasteiger partial charge on any atom is 0.407 e. The van der Waals surface area contributed by atoms with E-state index in [4.69, 9.17) is 14.7 Å². The predicted octanol–water partition coefficient (Wildman–Crippen LogP) is 3.78. The Balaban J connectivity index is 1.39. The smallest absolute Gasteiger partial charge is 0.407 e. The Morgan fingerprint density at radius 1 is 1.17 bits per heavy atom. The van der Waals surface area contributed by atoms with Gasteiger partial charge in [0.1, 0.15) is 23.3 Å². The normalized spacial score (nSPS) is 19.0. The molecule has 0 bridgehead atoms. The lowest BCUT2D eigenvalue weighted by Gasteiger charge is -2.37. The van der Waals surface area contributed by atoms with Crippen LogP contribution in [0.15, 0.2) is 48.5 Å². The van der Waals surface area contributed by atoms with Gasteiger partial charge in [-0.1, -0.05) is 12.1 Å². The highest BCUT2D eigenvalue weighted by atomic mass is 19.1. The number of rotatable bonds is 6. The number of carbonyl (C=O) groups excluding carboxylic acids is 1. The van der Waals surface area contributed by atoms with Crippen molar-refractivity contribution in [1.82, 2.24) is 10.2 Å². The molecule has 2 saturated heterocycles. The van der Waals surface area contributed by atoms with E-state index in [0.29, 0.717) is 17.9 Å². The minimum atomic E-state index is -0.358. The first-order chi connectivity index (χ1) is 14.5. The van der Waals surface area contributed by atoms with Gasteiger partial charge in [-0.3, -0.25) is 0 Å². The Morgan fingerprint density at radius 3 is 2.47 bits per heavy atom. The van der Waals surface area contributed by atoms with Crippen LogP contribution < -0.4 is 10.1 Å². The molecule has 0 aromatic heterocycles. The number of carbonyl (C=O) groups is 1. The minimum Gasteiger partial charge on any atom is -0.486 e. The zero-order chi connectivity index (χ0) is 21.0. The lowest BCUT2D eigenvalue weighted by atomic mass is 9.91. The predicted molar refractivity (Wildman–Crippen MR) is 108 cm³/mol. The largest absolute Gasteiger partial charge is 0.486 e. The minimum absolute atomic E-state index is 0.236.